The number of cyclic esters (lactones) is 1. The highest BCUT2D eigenvalue weighted by Gasteiger charge is 2.24. The maximum absolute atomic E-state index is 12.0. The van der Waals surface area contributed by atoms with E-state index in [1.807, 2.05) is 31.2 Å². The van der Waals surface area contributed by atoms with E-state index in [9.17, 15) is 4.79 Å². The van der Waals surface area contributed by atoms with Crippen LogP contribution in [-0.4, -0.2) is 11.9 Å². The number of thiophene rings is 1. The third-order valence-corrected chi connectivity index (χ3v) is 4.61. The lowest BCUT2D eigenvalue weighted by Crippen LogP contribution is -2.11. The van der Waals surface area contributed by atoms with Gasteiger partial charge in [-0.3, -0.25) is 0 Å². The maximum atomic E-state index is 12.0. The molecular weight excluding hydrogens is 306 g/mol. The predicted molar refractivity (Wildman–Crippen MR) is 94.8 cm³/mol. The quantitative estimate of drug-likeness (QED) is 0.593. The van der Waals surface area contributed by atoms with Gasteiger partial charge in [-0.1, -0.05) is 32.9 Å². The van der Waals surface area contributed by atoms with Crippen LogP contribution in [-0.2, 0) is 14.9 Å². The van der Waals surface area contributed by atoms with E-state index in [1.54, 1.807) is 17.4 Å². The smallest absolute Gasteiger partial charge is 0.363 e. The van der Waals surface area contributed by atoms with Crippen molar-refractivity contribution in [3.05, 3.63) is 63.0 Å². The normalized spacial score (nSPS) is 16.6. The molecule has 3 rings (SSSR count). The van der Waals surface area contributed by atoms with E-state index in [1.165, 1.54) is 10.4 Å². The molecule has 23 heavy (non-hydrogen) atoms. The standard InChI is InChI=1S/C19H19NO2S/c1-12-5-10-15(23-12)11-16-18(21)22-17(20-16)13-6-8-14(9-7-13)19(2,3)4/h5-11H,1-4H3. The van der Waals surface area contributed by atoms with Gasteiger partial charge in [0, 0.05) is 15.3 Å². The van der Waals surface area contributed by atoms with Crippen LogP contribution in [0.3, 0.4) is 0 Å². The number of carbonyl (C=O) groups is 1. The minimum absolute atomic E-state index is 0.0920. The summed E-state index contributed by atoms with van der Waals surface area (Å²) in [5, 5.41) is 0. The molecule has 1 aliphatic heterocycles. The Labute approximate surface area is 140 Å². The minimum Gasteiger partial charge on any atom is -0.402 e. The first-order chi connectivity index (χ1) is 10.8. The monoisotopic (exact) mass is 325 g/mol. The van der Waals surface area contributed by atoms with Crippen LogP contribution in [0.15, 0.2) is 47.1 Å². The van der Waals surface area contributed by atoms with E-state index in [0.29, 0.717) is 11.6 Å². The number of hydrogen-bond acceptors (Lipinski definition) is 4. The molecule has 0 aliphatic carbocycles. The highest BCUT2D eigenvalue weighted by molar-refractivity contribution is 7.12. The number of benzene rings is 1. The van der Waals surface area contributed by atoms with E-state index in [-0.39, 0.29) is 5.41 Å². The fourth-order valence-electron chi connectivity index (χ4n) is 2.31. The molecule has 0 fully saturated rings. The largest absolute Gasteiger partial charge is 0.402 e. The second-order valence-corrected chi connectivity index (χ2v) is 7.93. The van der Waals surface area contributed by atoms with Crippen molar-refractivity contribution in [2.24, 2.45) is 4.99 Å². The Balaban J connectivity index is 1.88. The summed E-state index contributed by atoms with van der Waals surface area (Å²) in [7, 11) is 0. The second kappa shape index (κ2) is 5.78. The van der Waals surface area contributed by atoms with E-state index >= 15 is 0 Å². The van der Waals surface area contributed by atoms with Crippen molar-refractivity contribution in [1.82, 2.24) is 0 Å². The van der Waals surface area contributed by atoms with Crippen molar-refractivity contribution in [3.63, 3.8) is 0 Å². The maximum Gasteiger partial charge on any atom is 0.363 e. The van der Waals surface area contributed by atoms with Gasteiger partial charge in [0.25, 0.3) is 0 Å². The first kappa shape index (κ1) is 15.7. The number of rotatable bonds is 2. The third-order valence-electron chi connectivity index (χ3n) is 3.66. The number of aliphatic imine (C=N–C) groups is 1. The Hall–Kier alpha value is -2.20. The molecule has 0 amide bonds. The molecule has 0 saturated carbocycles. The van der Waals surface area contributed by atoms with Crippen LogP contribution < -0.4 is 0 Å². The van der Waals surface area contributed by atoms with Gasteiger partial charge >= 0.3 is 5.97 Å². The number of carbonyl (C=O) groups excluding carboxylic acids is 1. The van der Waals surface area contributed by atoms with Gasteiger partial charge < -0.3 is 4.74 Å². The number of aryl methyl sites for hydroxylation is 1. The first-order valence-corrected chi connectivity index (χ1v) is 8.34. The molecule has 1 aromatic heterocycles. The van der Waals surface area contributed by atoms with Crippen LogP contribution in [0.4, 0.5) is 0 Å². The molecule has 0 radical (unpaired) electrons. The lowest BCUT2D eigenvalue weighted by atomic mass is 9.87. The van der Waals surface area contributed by atoms with Crippen molar-refractivity contribution >= 4 is 29.3 Å². The van der Waals surface area contributed by atoms with E-state index in [4.69, 9.17) is 4.74 Å². The van der Waals surface area contributed by atoms with Gasteiger partial charge in [0.05, 0.1) is 0 Å². The fourth-order valence-corrected chi connectivity index (χ4v) is 3.13. The highest BCUT2D eigenvalue weighted by atomic mass is 32.1. The van der Waals surface area contributed by atoms with Crippen LogP contribution in [0.1, 0.15) is 41.7 Å². The molecular formula is C19H19NO2S. The first-order valence-electron chi connectivity index (χ1n) is 7.53. The molecule has 4 heteroatoms. The van der Waals surface area contributed by atoms with Gasteiger partial charge in [-0.05, 0) is 48.2 Å². The zero-order valence-corrected chi connectivity index (χ0v) is 14.5. The van der Waals surface area contributed by atoms with Crippen LogP contribution in [0.2, 0.25) is 0 Å². The van der Waals surface area contributed by atoms with Gasteiger partial charge in [0.15, 0.2) is 5.70 Å². The van der Waals surface area contributed by atoms with Gasteiger partial charge in [-0.25, -0.2) is 9.79 Å². The summed E-state index contributed by atoms with van der Waals surface area (Å²) in [6.07, 6.45) is 1.77. The summed E-state index contributed by atoms with van der Waals surface area (Å²) in [5.74, 6) is -0.0269. The molecule has 2 heterocycles. The average Bonchev–Trinajstić information content (AvgIpc) is 3.05. The topological polar surface area (TPSA) is 38.7 Å². The van der Waals surface area contributed by atoms with Crippen molar-refractivity contribution in [1.29, 1.82) is 0 Å². The van der Waals surface area contributed by atoms with Crippen LogP contribution in [0.5, 0.6) is 0 Å². The molecule has 3 nitrogen and oxygen atoms in total. The van der Waals surface area contributed by atoms with Crippen molar-refractivity contribution < 1.29 is 9.53 Å². The molecule has 118 valence electrons. The second-order valence-electron chi connectivity index (χ2n) is 6.61. The van der Waals surface area contributed by atoms with Gasteiger partial charge in [-0.15, -0.1) is 11.3 Å². The molecule has 0 saturated heterocycles. The van der Waals surface area contributed by atoms with E-state index < -0.39 is 5.97 Å². The molecule has 0 bridgehead atoms. The lowest BCUT2D eigenvalue weighted by molar-refractivity contribution is -0.129. The Morgan fingerprint density at radius 3 is 2.35 bits per heavy atom. The minimum atomic E-state index is -0.397. The molecule has 2 aromatic rings. The Bertz CT molecular complexity index is 805. The van der Waals surface area contributed by atoms with Crippen molar-refractivity contribution in [2.75, 3.05) is 0 Å². The van der Waals surface area contributed by atoms with Gasteiger partial charge in [0.2, 0.25) is 5.90 Å². The summed E-state index contributed by atoms with van der Waals surface area (Å²) in [6.45, 7) is 8.53. The third kappa shape index (κ3) is 3.42. The number of nitrogens with zero attached hydrogens (tertiary/aromatic N) is 1. The van der Waals surface area contributed by atoms with Crippen molar-refractivity contribution in [3.8, 4) is 0 Å². The highest BCUT2D eigenvalue weighted by Crippen LogP contribution is 2.25. The molecule has 1 aliphatic rings. The van der Waals surface area contributed by atoms with Gasteiger partial charge in [0.1, 0.15) is 0 Å². The number of hydrogen-bond donors (Lipinski definition) is 0. The Kier molecular flexibility index (Phi) is 3.94. The fraction of sp³-hybridized carbons (Fsp3) is 0.263. The molecule has 0 spiro atoms. The molecule has 0 N–H and O–H groups in total. The van der Waals surface area contributed by atoms with Crippen molar-refractivity contribution in [2.45, 2.75) is 33.1 Å². The average molecular weight is 325 g/mol. The summed E-state index contributed by atoms with van der Waals surface area (Å²) < 4.78 is 5.31. The van der Waals surface area contributed by atoms with Crippen LogP contribution >= 0.6 is 11.3 Å². The Morgan fingerprint density at radius 1 is 1.09 bits per heavy atom. The number of esters is 1. The summed E-state index contributed by atoms with van der Waals surface area (Å²) >= 11 is 1.62. The number of ether oxygens (including phenoxy) is 1. The van der Waals surface area contributed by atoms with E-state index in [2.05, 4.69) is 37.9 Å². The molecule has 0 atom stereocenters. The van der Waals surface area contributed by atoms with Crippen LogP contribution in [0.25, 0.3) is 6.08 Å². The lowest BCUT2D eigenvalue weighted by Gasteiger charge is -2.18. The SMILES string of the molecule is Cc1ccc(C=C2N=C(c3ccc(C(C)(C)C)cc3)OC2=O)s1. The molecule has 1 aromatic carbocycles. The summed E-state index contributed by atoms with van der Waals surface area (Å²) in [6, 6.07) is 12.0. The zero-order chi connectivity index (χ0) is 16.6. The van der Waals surface area contributed by atoms with Crippen LogP contribution in [0, 0.1) is 6.92 Å². The summed E-state index contributed by atoms with van der Waals surface area (Å²) in [5.41, 5.74) is 2.49. The van der Waals surface area contributed by atoms with E-state index in [0.717, 1.165) is 10.4 Å². The Morgan fingerprint density at radius 2 is 1.78 bits per heavy atom. The molecule has 0 unspecified atom stereocenters. The summed E-state index contributed by atoms with van der Waals surface area (Å²) in [4.78, 5) is 18.5. The van der Waals surface area contributed by atoms with Gasteiger partial charge in [-0.2, -0.15) is 0 Å². The zero-order valence-electron chi connectivity index (χ0n) is 13.7. The predicted octanol–water partition coefficient (Wildman–Crippen LogP) is 4.70.